The molecule has 0 amide bonds. The second-order valence-electron chi connectivity index (χ2n) is 3.89. The van der Waals surface area contributed by atoms with Crippen molar-refractivity contribution in [1.82, 2.24) is 0 Å². The van der Waals surface area contributed by atoms with Gasteiger partial charge in [0.2, 0.25) is 0 Å². The lowest BCUT2D eigenvalue weighted by Crippen LogP contribution is -2.17. The number of alkyl halides is 3. The maximum Gasteiger partial charge on any atom is 0.573 e. The molecule has 1 aromatic carbocycles. The number of halogens is 4. The SMILES string of the molecule is COC(=O)/C=C(/Nc1ccc(OC(F)(F)F)cc1Br)C(=O)OC. The van der Waals surface area contributed by atoms with Crippen LogP contribution in [-0.2, 0) is 19.1 Å². The quantitative estimate of drug-likeness (QED) is 0.608. The normalized spacial score (nSPS) is 11.7. The van der Waals surface area contributed by atoms with E-state index in [1.54, 1.807) is 0 Å². The lowest BCUT2D eigenvalue weighted by molar-refractivity contribution is -0.274. The molecule has 0 heterocycles. The Bertz CT molecular complexity index is 631. The van der Waals surface area contributed by atoms with Crippen molar-refractivity contribution < 1.29 is 37.0 Å². The lowest BCUT2D eigenvalue weighted by atomic mass is 10.2. The molecule has 0 aliphatic rings. The van der Waals surface area contributed by atoms with Crippen molar-refractivity contribution in [1.29, 1.82) is 0 Å². The minimum atomic E-state index is -4.82. The molecule has 0 aliphatic heterocycles. The van der Waals surface area contributed by atoms with Gasteiger partial charge >= 0.3 is 18.3 Å². The topological polar surface area (TPSA) is 73.9 Å². The van der Waals surface area contributed by atoms with E-state index in [0.717, 1.165) is 32.4 Å². The third-order valence-electron chi connectivity index (χ3n) is 2.31. The van der Waals surface area contributed by atoms with Crippen LogP contribution in [0.4, 0.5) is 18.9 Å². The summed E-state index contributed by atoms with van der Waals surface area (Å²) >= 11 is 3.03. The lowest BCUT2D eigenvalue weighted by Gasteiger charge is -2.13. The Labute approximate surface area is 137 Å². The zero-order chi connectivity index (χ0) is 17.6. The molecule has 1 rings (SSSR count). The molecule has 10 heteroatoms. The molecule has 0 spiro atoms. The predicted octanol–water partition coefficient (Wildman–Crippen LogP) is 2.99. The molecule has 0 atom stereocenters. The molecule has 126 valence electrons. The van der Waals surface area contributed by atoms with Crippen LogP contribution in [-0.4, -0.2) is 32.5 Å². The summed E-state index contributed by atoms with van der Waals surface area (Å²) in [6.45, 7) is 0. The van der Waals surface area contributed by atoms with Crippen LogP contribution < -0.4 is 10.1 Å². The van der Waals surface area contributed by atoms with Crippen LogP contribution in [0.5, 0.6) is 5.75 Å². The van der Waals surface area contributed by atoms with E-state index in [9.17, 15) is 22.8 Å². The van der Waals surface area contributed by atoms with Gasteiger partial charge in [0.05, 0.1) is 26.0 Å². The fraction of sp³-hybridized carbons (Fsp3) is 0.231. The molecule has 0 saturated carbocycles. The molecule has 0 bridgehead atoms. The Morgan fingerprint density at radius 2 is 1.87 bits per heavy atom. The zero-order valence-corrected chi connectivity index (χ0v) is 13.4. The first kappa shape index (κ1) is 18.8. The highest BCUT2D eigenvalue weighted by molar-refractivity contribution is 9.10. The van der Waals surface area contributed by atoms with E-state index in [4.69, 9.17) is 0 Å². The maximum absolute atomic E-state index is 12.1. The number of esters is 2. The number of nitrogens with one attached hydrogen (secondary N) is 1. The first-order valence-electron chi connectivity index (χ1n) is 5.86. The summed E-state index contributed by atoms with van der Waals surface area (Å²) in [6.07, 6.45) is -3.98. The molecule has 0 fully saturated rings. The fourth-order valence-corrected chi connectivity index (χ4v) is 1.83. The Morgan fingerprint density at radius 3 is 2.35 bits per heavy atom. The smallest absolute Gasteiger partial charge is 0.466 e. The first-order valence-corrected chi connectivity index (χ1v) is 6.66. The molecular weight excluding hydrogens is 387 g/mol. The average Bonchev–Trinajstić information content (AvgIpc) is 2.46. The Kier molecular flexibility index (Phi) is 6.43. The molecule has 0 radical (unpaired) electrons. The van der Waals surface area contributed by atoms with Crippen molar-refractivity contribution in [2.45, 2.75) is 6.36 Å². The van der Waals surface area contributed by atoms with Crippen LogP contribution in [0, 0.1) is 0 Å². The number of ether oxygens (including phenoxy) is 3. The number of carbonyl (C=O) groups is 2. The van der Waals surface area contributed by atoms with Crippen molar-refractivity contribution in [3.05, 3.63) is 34.4 Å². The number of benzene rings is 1. The second-order valence-corrected chi connectivity index (χ2v) is 4.74. The van der Waals surface area contributed by atoms with Gasteiger partial charge < -0.3 is 19.5 Å². The standard InChI is InChI=1S/C13H11BrF3NO5/c1-21-11(19)6-10(12(20)22-2)18-9-4-3-7(5-8(9)14)23-13(15,16)17/h3-6,18H,1-2H3/b10-6+. The molecule has 0 aliphatic carbocycles. The second kappa shape index (κ2) is 7.86. The van der Waals surface area contributed by atoms with Crippen LogP contribution in [0.15, 0.2) is 34.4 Å². The number of carbonyl (C=O) groups excluding carboxylic acids is 2. The van der Waals surface area contributed by atoms with Gasteiger partial charge in [-0.05, 0) is 34.1 Å². The Morgan fingerprint density at radius 1 is 1.22 bits per heavy atom. The van der Waals surface area contributed by atoms with E-state index in [2.05, 4.69) is 35.5 Å². The van der Waals surface area contributed by atoms with E-state index >= 15 is 0 Å². The van der Waals surface area contributed by atoms with Crippen LogP contribution in [0.2, 0.25) is 0 Å². The molecule has 23 heavy (non-hydrogen) atoms. The summed E-state index contributed by atoms with van der Waals surface area (Å²) in [5, 5.41) is 2.56. The first-order chi connectivity index (χ1) is 10.7. The average molecular weight is 398 g/mol. The highest BCUT2D eigenvalue weighted by atomic mass is 79.9. The third-order valence-corrected chi connectivity index (χ3v) is 2.97. The van der Waals surface area contributed by atoms with Crippen molar-refractivity contribution >= 4 is 33.6 Å². The van der Waals surface area contributed by atoms with E-state index < -0.39 is 24.1 Å². The Balaban J connectivity index is 3.03. The summed E-state index contributed by atoms with van der Waals surface area (Å²) in [4.78, 5) is 22.8. The summed E-state index contributed by atoms with van der Waals surface area (Å²) in [7, 11) is 2.22. The summed E-state index contributed by atoms with van der Waals surface area (Å²) in [6, 6.07) is 3.30. The van der Waals surface area contributed by atoms with E-state index in [1.165, 1.54) is 6.07 Å². The van der Waals surface area contributed by atoms with Crippen molar-refractivity contribution in [2.24, 2.45) is 0 Å². The van der Waals surface area contributed by atoms with Gasteiger partial charge in [0.15, 0.2) is 0 Å². The summed E-state index contributed by atoms with van der Waals surface area (Å²) in [5.41, 5.74) is -0.0513. The number of rotatable bonds is 5. The molecule has 1 aromatic rings. The number of hydrogen-bond donors (Lipinski definition) is 1. The van der Waals surface area contributed by atoms with Gasteiger partial charge in [0.25, 0.3) is 0 Å². The van der Waals surface area contributed by atoms with Gasteiger partial charge in [0.1, 0.15) is 11.4 Å². The van der Waals surface area contributed by atoms with Gasteiger partial charge in [-0.2, -0.15) is 0 Å². The van der Waals surface area contributed by atoms with Crippen LogP contribution in [0.1, 0.15) is 0 Å². The summed E-state index contributed by atoms with van der Waals surface area (Å²) < 4.78 is 49.2. The summed E-state index contributed by atoms with van der Waals surface area (Å²) in [5.74, 6) is -2.13. The number of methoxy groups -OCH3 is 2. The van der Waals surface area contributed by atoms with Crippen molar-refractivity contribution in [2.75, 3.05) is 19.5 Å². The maximum atomic E-state index is 12.1. The Hall–Kier alpha value is -2.23. The molecule has 1 N–H and O–H groups in total. The van der Waals surface area contributed by atoms with E-state index in [0.29, 0.717) is 0 Å². The molecule has 0 unspecified atom stereocenters. The van der Waals surface area contributed by atoms with Crippen LogP contribution in [0.25, 0.3) is 0 Å². The highest BCUT2D eigenvalue weighted by Crippen LogP contribution is 2.31. The number of anilines is 1. The molecule has 6 nitrogen and oxygen atoms in total. The van der Waals surface area contributed by atoms with Gasteiger partial charge in [0, 0.05) is 4.47 Å². The van der Waals surface area contributed by atoms with Crippen molar-refractivity contribution in [3.63, 3.8) is 0 Å². The van der Waals surface area contributed by atoms with Gasteiger partial charge in [-0.15, -0.1) is 13.2 Å². The van der Waals surface area contributed by atoms with Gasteiger partial charge in [-0.1, -0.05) is 0 Å². The largest absolute Gasteiger partial charge is 0.573 e. The highest BCUT2D eigenvalue weighted by Gasteiger charge is 2.31. The molecular formula is C13H11BrF3NO5. The number of hydrogen-bond acceptors (Lipinski definition) is 6. The van der Waals surface area contributed by atoms with Crippen molar-refractivity contribution in [3.8, 4) is 5.75 Å². The third kappa shape index (κ3) is 6.19. The molecule has 0 saturated heterocycles. The van der Waals surface area contributed by atoms with E-state index in [1.807, 2.05) is 0 Å². The van der Waals surface area contributed by atoms with Crippen LogP contribution in [0.3, 0.4) is 0 Å². The molecule has 0 aromatic heterocycles. The zero-order valence-electron chi connectivity index (χ0n) is 11.9. The predicted molar refractivity (Wildman–Crippen MR) is 76.6 cm³/mol. The van der Waals surface area contributed by atoms with Crippen LogP contribution >= 0.6 is 15.9 Å². The fourth-order valence-electron chi connectivity index (χ4n) is 1.37. The van der Waals surface area contributed by atoms with E-state index in [-0.39, 0.29) is 15.9 Å². The minimum Gasteiger partial charge on any atom is -0.466 e. The van der Waals surface area contributed by atoms with Gasteiger partial charge in [-0.25, -0.2) is 9.59 Å². The monoisotopic (exact) mass is 397 g/mol. The van der Waals surface area contributed by atoms with Gasteiger partial charge in [-0.3, -0.25) is 0 Å². The minimum absolute atomic E-state index is 0.166.